The van der Waals surface area contributed by atoms with E-state index in [0.717, 1.165) is 37.0 Å². The second-order valence-electron chi connectivity index (χ2n) is 3.73. The second-order valence-corrected chi connectivity index (χ2v) is 6.64. The summed E-state index contributed by atoms with van der Waals surface area (Å²) in [4.78, 5) is 0. The summed E-state index contributed by atoms with van der Waals surface area (Å²) in [5.74, 6) is 0. The summed E-state index contributed by atoms with van der Waals surface area (Å²) in [5.41, 5.74) is 5.95. The van der Waals surface area contributed by atoms with Crippen molar-refractivity contribution in [1.29, 1.82) is 0 Å². The van der Waals surface area contributed by atoms with Crippen LogP contribution in [-0.4, -0.2) is 26.7 Å². The maximum absolute atomic E-state index is 11.7. The summed E-state index contributed by atoms with van der Waals surface area (Å²) < 4.78 is 26.3. The van der Waals surface area contributed by atoms with Gasteiger partial charge in [0.2, 0.25) is 10.0 Å². The van der Waals surface area contributed by atoms with Crippen LogP contribution >= 0.6 is 11.3 Å². The molecule has 5 nitrogen and oxygen atoms in total. The Labute approximate surface area is 106 Å². The zero-order valence-corrected chi connectivity index (χ0v) is 11.2. The lowest BCUT2D eigenvalue weighted by molar-refractivity contribution is 0.282. The van der Waals surface area contributed by atoms with Gasteiger partial charge in [-0.3, -0.25) is 0 Å². The molecule has 1 aromatic heterocycles. The number of sulfonamides is 1. The van der Waals surface area contributed by atoms with Crippen LogP contribution < -0.4 is 10.5 Å². The fourth-order valence-corrected chi connectivity index (χ4v) is 3.54. The molecule has 0 saturated carbocycles. The third-order valence-electron chi connectivity index (χ3n) is 2.24. The van der Waals surface area contributed by atoms with Crippen LogP contribution in [0.15, 0.2) is 15.7 Å². The second kappa shape index (κ2) is 6.95. The van der Waals surface area contributed by atoms with E-state index in [1.807, 2.05) is 0 Å². The van der Waals surface area contributed by atoms with Crippen LogP contribution in [0.1, 0.15) is 25.7 Å². The fourth-order valence-electron chi connectivity index (χ4n) is 1.34. The smallest absolute Gasteiger partial charge is 0.250 e. The van der Waals surface area contributed by atoms with Crippen molar-refractivity contribution in [2.24, 2.45) is 0 Å². The Kier molecular flexibility index (Phi) is 5.90. The molecule has 1 rings (SSSR count). The minimum Gasteiger partial charge on any atom is -0.398 e. The van der Waals surface area contributed by atoms with Crippen molar-refractivity contribution in [1.82, 2.24) is 4.72 Å². The first kappa shape index (κ1) is 14.4. The topological polar surface area (TPSA) is 92.4 Å². The van der Waals surface area contributed by atoms with Crippen LogP contribution in [0.25, 0.3) is 0 Å². The molecule has 1 aromatic rings. The van der Waals surface area contributed by atoms with Crippen molar-refractivity contribution in [3.05, 3.63) is 11.4 Å². The average Bonchev–Trinajstić information content (AvgIpc) is 2.71. The number of nitrogen functional groups attached to an aromatic ring is 1. The van der Waals surface area contributed by atoms with Crippen molar-refractivity contribution in [3.63, 3.8) is 0 Å². The summed E-state index contributed by atoms with van der Waals surface area (Å²) in [6.07, 6.45) is 3.38. The van der Waals surface area contributed by atoms with E-state index in [2.05, 4.69) is 4.72 Å². The third kappa shape index (κ3) is 5.03. The number of aliphatic hydroxyl groups is 1. The van der Waals surface area contributed by atoms with E-state index in [0.29, 0.717) is 12.2 Å². The molecule has 7 heteroatoms. The van der Waals surface area contributed by atoms with Gasteiger partial charge in [-0.1, -0.05) is 12.8 Å². The maximum Gasteiger partial charge on any atom is 0.250 e. The highest BCUT2D eigenvalue weighted by Crippen LogP contribution is 2.21. The van der Waals surface area contributed by atoms with E-state index in [-0.39, 0.29) is 10.8 Å². The van der Waals surface area contributed by atoms with Crippen molar-refractivity contribution in [2.75, 3.05) is 18.9 Å². The number of aliphatic hydroxyl groups excluding tert-OH is 1. The molecule has 0 spiro atoms. The number of unbranched alkanes of at least 4 members (excludes halogenated alkanes) is 3. The van der Waals surface area contributed by atoms with Gasteiger partial charge in [-0.05, 0) is 18.9 Å². The van der Waals surface area contributed by atoms with Crippen molar-refractivity contribution in [3.8, 4) is 0 Å². The molecular weight excluding hydrogens is 260 g/mol. The summed E-state index contributed by atoms with van der Waals surface area (Å²) in [5, 5.41) is 10.2. The van der Waals surface area contributed by atoms with Crippen molar-refractivity contribution < 1.29 is 13.5 Å². The summed E-state index contributed by atoms with van der Waals surface area (Å²) in [6, 6.07) is 1.46. The number of hydrogen-bond acceptors (Lipinski definition) is 5. The summed E-state index contributed by atoms with van der Waals surface area (Å²) in [7, 11) is -3.39. The predicted molar refractivity (Wildman–Crippen MR) is 69.5 cm³/mol. The van der Waals surface area contributed by atoms with Crippen LogP contribution in [0.3, 0.4) is 0 Å². The van der Waals surface area contributed by atoms with Gasteiger partial charge >= 0.3 is 0 Å². The standard InChI is InChI=1S/C10H18N2O3S2/c11-9-7-10(16-8-9)17(14,15)12-5-3-1-2-4-6-13/h7-8,12-13H,1-6,11H2. The lowest BCUT2D eigenvalue weighted by Crippen LogP contribution is -2.24. The molecule has 0 radical (unpaired) electrons. The Morgan fingerprint density at radius 2 is 2.00 bits per heavy atom. The van der Waals surface area contributed by atoms with Gasteiger partial charge < -0.3 is 10.8 Å². The first-order chi connectivity index (χ1) is 8.06. The Hall–Kier alpha value is -0.630. The number of rotatable bonds is 8. The molecular formula is C10H18N2O3S2. The van der Waals surface area contributed by atoms with Gasteiger partial charge in [-0.2, -0.15) is 0 Å². The summed E-state index contributed by atoms with van der Waals surface area (Å²) >= 11 is 1.12. The molecule has 0 bridgehead atoms. The first-order valence-electron chi connectivity index (χ1n) is 5.51. The number of nitrogens with one attached hydrogen (secondary N) is 1. The molecule has 0 saturated heterocycles. The zero-order chi connectivity index (χ0) is 12.7. The Morgan fingerprint density at radius 1 is 1.29 bits per heavy atom. The van der Waals surface area contributed by atoms with Crippen LogP contribution in [0.2, 0.25) is 0 Å². The van der Waals surface area contributed by atoms with E-state index < -0.39 is 10.0 Å². The van der Waals surface area contributed by atoms with Crippen LogP contribution in [-0.2, 0) is 10.0 Å². The zero-order valence-electron chi connectivity index (χ0n) is 9.55. The van der Waals surface area contributed by atoms with E-state index >= 15 is 0 Å². The lowest BCUT2D eigenvalue weighted by atomic mass is 10.2. The monoisotopic (exact) mass is 278 g/mol. The van der Waals surface area contributed by atoms with E-state index in [1.54, 1.807) is 5.38 Å². The average molecular weight is 278 g/mol. The van der Waals surface area contributed by atoms with Crippen LogP contribution in [0, 0.1) is 0 Å². The molecule has 0 aliphatic rings. The Morgan fingerprint density at radius 3 is 2.59 bits per heavy atom. The van der Waals surface area contributed by atoms with Gasteiger partial charge in [0.05, 0.1) is 0 Å². The first-order valence-corrected chi connectivity index (χ1v) is 7.87. The highest BCUT2D eigenvalue weighted by molar-refractivity contribution is 7.91. The SMILES string of the molecule is Nc1csc(S(=O)(=O)NCCCCCCO)c1. The van der Waals surface area contributed by atoms with Gasteiger partial charge in [0.25, 0.3) is 0 Å². The van der Waals surface area contributed by atoms with Gasteiger partial charge in [0.15, 0.2) is 0 Å². The molecule has 0 unspecified atom stereocenters. The highest BCUT2D eigenvalue weighted by Gasteiger charge is 2.15. The molecule has 1 heterocycles. The molecule has 4 N–H and O–H groups in total. The molecule has 0 aliphatic heterocycles. The van der Waals surface area contributed by atoms with Gasteiger partial charge in [0, 0.05) is 24.2 Å². The minimum atomic E-state index is -3.39. The van der Waals surface area contributed by atoms with E-state index in [1.165, 1.54) is 6.07 Å². The molecule has 0 atom stereocenters. The molecule has 0 aliphatic carbocycles. The summed E-state index contributed by atoms with van der Waals surface area (Å²) in [6.45, 7) is 0.617. The van der Waals surface area contributed by atoms with E-state index in [4.69, 9.17) is 10.8 Å². The van der Waals surface area contributed by atoms with Crippen LogP contribution in [0.4, 0.5) is 5.69 Å². The molecule has 17 heavy (non-hydrogen) atoms. The Balaban J connectivity index is 2.31. The molecule has 98 valence electrons. The fraction of sp³-hybridized carbons (Fsp3) is 0.600. The third-order valence-corrected chi connectivity index (χ3v) is 5.16. The number of hydrogen-bond donors (Lipinski definition) is 3. The van der Waals surface area contributed by atoms with Crippen molar-refractivity contribution >= 4 is 27.0 Å². The van der Waals surface area contributed by atoms with Gasteiger partial charge in [-0.15, -0.1) is 11.3 Å². The van der Waals surface area contributed by atoms with Gasteiger partial charge in [-0.25, -0.2) is 13.1 Å². The number of anilines is 1. The predicted octanol–water partition coefficient (Wildman–Crippen LogP) is 1.16. The maximum atomic E-state index is 11.7. The largest absolute Gasteiger partial charge is 0.398 e. The highest BCUT2D eigenvalue weighted by atomic mass is 32.2. The number of nitrogens with two attached hydrogens (primary N) is 1. The normalized spacial score (nSPS) is 11.8. The molecule has 0 fully saturated rings. The van der Waals surface area contributed by atoms with Crippen molar-refractivity contribution in [2.45, 2.75) is 29.9 Å². The molecule has 0 aromatic carbocycles. The van der Waals surface area contributed by atoms with Gasteiger partial charge in [0.1, 0.15) is 4.21 Å². The van der Waals surface area contributed by atoms with E-state index in [9.17, 15) is 8.42 Å². The Bertz CT molecular complexity index is 429. The molecule has 0 amide bonds. The lowest BCUT2D eigenvalue weighted by Gasteiger charge is -2.04. The quantitative estimate of drug-likeness (QED) is 0.622. The number of thiophene rings is 1. The minimum absolute atomic E-state index is 0.195. The van der Waals surface area contributed by atoms with Crippen LogP contribution in [0.5, 0.6) is 0 Å².